The molecule has 2 heterocycles. The zero-order valence-corrected chi connectivity index (χ0v) is 11.5. The Labute approximate surface area is 111 Å². The van der Waals surface area contributed by atoms with Crippen LogP contribution in [0.4, 0.5) is 0 Å². The molecule has 1 N–H and O–H groups in total. The zero-order chi connectivity index (χ0) is 13.3. The summed E-state index contributed by atoms with van der Waals surface area (Å²) >= 11 is 5.64. The molecule has 1 fully saturated rings. The topological polar surface area (TPSA) is 70.5 Å². The highest BCUT2D eigenvalue weighted by Gasteiger charge is 2.39. The maximum atomic E-state index is 12.4. The molecule has 1 aromatic rings. The van der Waals surface area contributed by atoms with Crippen molar-refractivity contribution in [3.8, 4) is 0 Å². The molecule has 0 aliphatic carbocycles. The average molecular weight is 291 g/mol. The van der Waals surface area contributed by atoms with E-state index in [1.165, 1.54) is 22.6 Å². The molecule has 1 aliphatic rings. The predicted molar refractivity (Wildman–Crippen MR) is 67.8 cm³/mol. The fourth-order valence-electron chi connectivity index (χ4n) is 2.19. The van der Waals surface area contributed by atoms with Crippen LogP contribution in [0.3, 0.4) is 0 Å². The van der Waals surface area contributed by atoms with Gasteiger partial charge in [-0.3, -0.25) is 0 Å². The van der Waals surface area contributed by atoms with Crippen molar-refractivity contribution in [1.29, 1.82) is 0 Å². The summed E-state index contributed by atoms with van der Waals surface area (Å²) in [5.74, 6) is 0.157. The molecule has 0 amide bonds. The molecule has 0 aromatic carbocycles. The van der Waals surface area contributed by atoms with Gasteiger partial charge in [-0.2, -0.15) is 4.31 Å². The largest absolute Gasteiger partial charge is 0.395 e. The van der Waals surface area contributed by atoms with Crippen molar-refractivity contribution < 1.29 is 13.5 Å². The summed E-state index contributed by atoms with van der Waals surface area (Å²) in [4.78, 5) is 3.89. The normalized spacial score (nSPS) is 25.5. The lowest BCUT2D eigenvalue weighted by atomic mass is 10.0. The van der Waals surface area contributed by atoms with Crippen LogP contribution >= 0.6 is 11.6 Å². The van der Waals surface area contributed by atoms with Crippen molar-refractivity contribution in [2.75, 3.05) is 13.2 Å². The number of aromatic nitrogens is 1. The van der Waals surface area contributed by atoms with E-state index < -0.39 is 10.0 Å². The number of hydrogen-bond acceptors (Lipinski definition) is 4. The van der Waals surface area contributed by atoms with Gasteiger partial charge in [0.1, 0.15) is 10.0 Å². The van der Waals surface area contributed by atoms with Crippen molar-refractivity contribution in [2.45, 2.75) is 24.3 Å². The number of aliphatic hydroxyl groups excluding tert-OH is 1. The first-order valence-corrected chi connectivity index (χ1v) is 7.53. The van der Waals surface area contributed by atoms with Crippen molar-refractivity contribution in [3.05, 3.63) is 23.5 Å². The van der Waals surface area contributed by atoms with Crippen LogP contribution in [0.25, 0.3) is 0 Å². The second kappa shape index (κ2) is 5.13. The number of rotatable bonds is 3. The molecular formula is C11H15ClN2O3S. The Morgan fingerprint density at radius 3 is 2.83 bits per heavy atom. The van der Waals surface area contributed by atoms with E-state index >= 15 is 0 Å². The smallest absolute Gasteiger partial charge is 0.244 e. The van der Waals surface area contributed by atoms with E-state index in [2.05, 4.69) is 4.98 Å². The van der Waals surface area contributed by atoms with Crippen LogP contribution in [0, 0.1) is 5.92 Å². The molecule has 100 valence electrons. The van der Waals surface area contributed by atoms with Crippen LogP contribution in [0.15, 0.2) is 23.2 Å². The lowest BCUT2D eigenvalue weighted by Crippen LogP contribution is -2.39. The number of sulfonamides is 1. The van der Waals surface area contributed by atoms with Gasteiger partial charge in [0.2, 0.25) is 10.0 Å². The Bertz CT molecular complexity index is 518. The summed E-state index contributed by atoms with van der Waals surface area (Å²) in [5.41, 5.74) is 0. The number of nitrogens with zero attached hydrogens (tertiary/aromatic N) is 2. The summed E-state index contributed by atoms with van der Waals surface area (Å²) < 4.78 is 26.1. The first-order chi connectivity index (χ1) is 8.46. The molecule has 7 heteroatoms. The highest BCUT2D eigenvalue weighted by Crippen LogP contribution is 2.29. The third kappa shape index (κ3) is 2.38. The Kier molecular flexibility index (Phi) is 3.91. The average Bonchev–Trinajstić information content (AvgIpc) is 2.71. The Morgan fingerprint density at radius 1 is 1.56 bits per heavy atom. The first kappa shape index (κ1) is 13.7. The van der Waals surface area contributed by atoms with Crippen LogP contribution in [-0.4, -0.2) is 42.0 Å². The van der Waals surface area contributed by atoms with Crippen molar-refractivity contribution in [1.82, 2.24) is 9.29 Å². The van der Waals surface area contributed by atoms with Crippen molar-refractivity contribution >= 4 is 21.6 Å². The van der Waals surface area contributed by atoms with Crippen molar-refractivity contribution in [2.24, 2.45) is 5.92 Å². The molecule has 0 saturated carbocycles. The standard InChI is InChI=1S/C11H15ClN2O3S/c1-8-4-5-14(10(8)7-15)18(16,17)9-2-3-11(12)13-6-9/h2-3,6,8,10,15H,4-5,7H2,1H3. The Hall–Kier alpha value is -0.690. The molecule has 1 aliphatic heterocycles. The van der Waals surface area contributed by atoms with Gasteiger partial charge in [0, 0.05) is 12.7 Å². The van der Waals surface area contributed by atoms with Gasteiger partial charge in [-0.1, -0.05) is 18.5 Å². The quantitative estimate of drug-likeness (QED) is 0.847. The third-order valence-corrected chi connectivity index (χ3v) is 5.46. The summed E-state index contributed by atoms with van der Waals surface area (Å²) in [6, 6.07) is 2.52. The van der Waals surface area contributed by atoms with Crippen LogP contribution in [0.2, 0.25) is 5.15 Å². The minimum atomic E-state index is -3.60. The maximum absolute atomic E-state index is 12.4. The maximum Gasteiger partial charge on any atom is 0.244 e. The Morgan fingerprint density at radius 2 is 2.28 bits per heavy atom. The van der Waals surface area contributed by atoms with Gasteiger partial charge in [0.15, 0.2) is 0 Å². The highest BCUT2D eigenvalue weighted by molar-refractivity contribution is 7.89. The number of pyridine rings is 1. The molecule has 1 saturated heterocycles. The SMILES string of the molecule is CC1CCN(S(=O)(=O)c2ccc(Cl)nc2)C1CO. The second-order valence-electron chi connectivity index (χ2n) is 4.45. The Balaban J connectivity index is 2.34. The molecule has 2 atom stereocenters. The first-order valence-electron chi connectivity index (χ1n) is 5.71. The minimum Gasteiger partial charge on any atom is -0.395 e. The fraction of sp³-hybridized carbons (Fsp3) is 0.545. The summed E-state index contributed by atoms with van der Waals surface area (Å²) in [7, 11) is -3.60. The molecule has 2 rings (SSSR count). The molecule has 18 heavy (non-hydrogen) atoms. The van der Waals surface area contributed by atoms with Gasteiger partial charge >= 0.3 is 0 Å². The number of halogens is 1. The molecule has 0 bridgehead atoms. The minimum absolute atomic E-state index is 0.111. The van der Waals surface area contributed by atoms with Gasteiger partial charge in [-0.15, -0.1) is 0 Å². The van der Waals surface area contributed by atoms with Crippen LogP contribution in [0.1, 0.15) is 13.3 Å². The van der Waals surface area contributed by atoms with Gasteiger partial charge in [-0.05, 0) is 24.5 Å². The van der Waals surface area contributed by atoms with E-state index in [-0.39, 0.29) is 28.6 Å². The lowest BCUT2D eigenvalue weighted by molar-refractivity contribution is 0.191. The van der Waals surface area contributed by atoms with Crippen LogP contribution in [0.5, 0.6) is 0 Å². The molecular weight excluding hydrogens is 276 g/mol. The van der Waals surface area contributed by atoms with Gasteiger partial charge in [0.25, 0.3) is 0 Å². The van der Waals surface area contributed by atoms with Crippen molar-refractivity contribution in [3.63, 3.8) is 0 Å². The predicted octanol–water partition coefficient (Wildman–Crippen LogP) is 1.13. The van der Waals surface area contributed by atoms with E-state index in [0.29, 0.717) is 6.54 Å². The number of hydrogen-bond donors (Lipinski definition) is 1. The molecule has 1 aromatic heterocycles. The zero-order valence-electron chi connectivity index (χ0n) is 9.95. The monoisotopic (exact) mass is 290 g/mol. The lowest BCUT2D eigenvalue weighted by Gasteiger charge is -2.24. The van der Waals surface area contributed by atoms with E-state index in [0.717, 1.165) is 6.42 Å². The van der Waals surface area contributed by atoms with E-state index in [9.17, 15) is 13.5 Å². The summed E-state index contributed by atoms with van der Waals surface area (Å²) in [6.45, 7) is 2.20. The summed E-state index contributed by atoms with van der Waals surface area (Å²) in [5, 5.41) is 9.57. The van der Waals surface area contributed by atoms with E-state index in [4.69, 9.17) is 11.6 Å². The fourth-order valence-corrected chi connectivity index (χ4v) is 3.98. The van der Waals surface area contributed by atoms with Crippen LogP contribution < -0.4 is 0 Å². The number of aliphatic hydroxyl groups is 1. The van der Waals surface area contributed by atoms with Gasteiger partial charge < -0.3 is 5.11 Å². The summed E-state index contributed by atoms with van der Waals surface area (Å²) in [6.07, 6.45) is 2.00. The molecule has 2 unspecified atom stereocenters. The van der Waals surface area contributed by atoms with E-state index in [1.807, 2.05) is 6.92 Å². The second-order valence-corrected chi connectivity index (χ2v) is 6.73. The van der Waals surface area contributed by atoms with Gasteiger partial charge in [0.05, 0.1) is 12.6 Å². The molecule has 5 nitrogen and oxygen atoms in total. The van der Waals surface area contributed by atoms with Crippen LogP contribution in [-0.2, 0) is 10.0 Å². The molecule has 0 radical (unpaired) electrons. The molecule has 0 spiro atoms. The third-order valence-electron chi connectivity index (χ3n) is 3.33. The van der Waals surface area contributed by atoms with Gasteiger partial charge in [-0.25, -0.2) is 13.4 Å². The highest BCUT2D eigenvalue weighted by atomic mass is 35.5. The van der Waals surface area contributed by atoms with E-state index in [1.54, 1.807) is 0 Å².